The number of fused-ring (bicyclic) bond motifs is 7. The van der Waals surface area contributed by atoms with Gasteiger partial charge in [0.15, 0.2) is 0 Å². The number of cyclic esters (lactones) is 1. The van der Waals surface area contributed by atoms with Crippen molar-refractivity contribution in [3.8, 4) is 22.5 Å². The molecular weight excluding hydrogens is 956 g/mol. The summed E-state index contributed by atoms with van der Waals surface area (Å²) in [6.07, 6.45) is -1.56. The molecule has 2 amide bonds. The van der Waals surface area contributed by atoms with Crippen molar-refractivity contribution < 1.29 is 37.0 Å². The van der Waals surface area contributed by atoms with E-state index in [9.17, 15) is 27.6 Å². The number of halogens is 3. The van der Waals surface area contributed by atoms with E-state index in [0.29, 0.717) is 81.9 Å². The van der Waals surface area contributed by atoms with Crippen LogP contribution in [0.4, 0.5) is 13.2 Å². The summed E-state index contributed by atoms with van der Waals surface area (Å²) in [7, 11) is 3.63. The Morgan fingerprint density at radius 2 is 1.78 bits per heavy atom. The molecule has 362 valence electrons. The standard InChI is InChI=1S/C44H54F3N7O5S.5H2S/c1-24-16-28(24)40(55)50-34-19-37-48-35(21-60-37)26-9-10-36-29(17-26)31(20-43(3,4)23-59-42(57)33-8-7-13-54(51-33)41(34)56)39(53(36)22-44(45,46)47)30-18-27-11-14-52(5)15-12-32(27)49-38(30)25(2)58-6;;;;;/h9-10,17-18,21,24-25,28,33-34,51H,7-8,11-16,19-20,22-23H2,1-6H3,(H,50,55);5*1H2/t24-,25-,28-,33-,34-;;;;;/m0...../s1. The number of alkyl halides is 3. The van der Waals surface area contributed by atoms with Gasteiger partial charge in [0.05, 0.1) is 34.8 Å². The van der Waals surface area contributed by atoms with E-state index >= 15 is 0 Å². The van der Waals surface area contributed by atoms with E-state index < -0.39 is 42.3 Å². The Balaban J connectivity index is 0.00000224. The Bertz CT molecular complexity index is 2330. The average Bonchev–Trinajstić information content (AvgIpc) is 3.73. The maximum absolute atomic E-state index is 14.8. The zero-order chi connectivity index (χ0) is 42.7. The second-order valence-corrected chi connectivity index (χ2v) is 18.9. The predicted molar refractivity (Wildman–Crippen MR) is 274 cm³/mol. The van der Waals surface area contributed by atoms with Gasteiger partial charge in [0.25, 0.3) is 5.91 Å². The first-order valence-corrected chi connectivity index (χ1v) is 21.8. The van der Waals surface area contributed by atoms with E-state index in [1.54, 1.807) is 19.2 Å². The first kappa shape index (κ1) is 56.7. The van der Waals surface area contributed by atoms with Crippen LogP contribution in [0.2, 0.25) is 0 Å². The summed E-state index contributed by atoms with van der Waals surface area (Å²) in [5, 5.41) is 7.50. The molecule has 8 rings (SSSR count). The third kappa shape index (κ3) is 12.5. The summed E-state index contributed by atoms with van der Waals surface area (Å²) in [5.41, 5.74) is 8.18. The molecule has 3 aromatic heterocycles. The Morgan fingerprint density at radius 3 is 2.46 bits per heavy atom. The van der Waals surface area contributed by atoms with Crippen molar-refractivity contribution in [1.82, 2.24) is 35.2 Å². The molecule has 4 aromatic rings. The molecular formula is C44H64F3N7O5S6. The highest BCUT2D eigenvalue weighted by molar-refractivity contribution is 7.60. The highest BCUT2D eigenvalue weighted by Gasteiger charge is 2.42. The van der Waals surface area contributed by atoms with Crippen molar-refractivity contribution in [1.29, 1.82) is 0 Å². The topological polar surface area (TPSA) is 131 Å². The van der Waals surface area contributed by atoms with Crippen LogP contribution in [0.5, 0.6) is 0 Å². The monoisotopic (exact) mass is 1020 g/mol. The predicted octanol–water partition coefficient (Wildman–Crippen LogP) is 7.00. The minimum atomic E-state index is -4.56. The number of rotatable bonds is 6. The van der Waals surface area contributed by atoms with E-state index in [1.807, 2.05) is 45.2 Å². The fourth-order valence-electron chi connectivity index (χ4n) is 8.86. The van der Waals surface area contributed by atoms with Crippen LogP contribution in [0, 0.1) is 17.3 Å². The number of hydrogen-bond acceptors (Lipinski definition) is 10. The van der Waals surface area contributed by atoms with Crippen molar-refractivity contribution in [3.05, 3.63) is 57.2 Å². The van der Waals surface area contributed by atoms with E-state index in [-0.39, 0.29) is 111 Å². The van der Waals surface area contributed by atoms with Crippen LogP contribution in [-0.4, -0.2) is 101 Å². The number of esters is 1. The zero-order valence-corrected chi connectivity index (χ0v) is 43.4. The molecule has 1 saturated carbocycles. The third-order valence-electron chi connectivity index (χ3n) is 12.5. The van der Waals surface area contributed by atoms with Gasteiger partial charge >= 0.3 is 12.1 Å². The van der Waals surface area contributed by atoms with Crippen molar-refractivity contribution in [3.63, 3.8) is 0 Å². The Hall–Kier alpha value is -2.63. The van der Waals surface area contributed by atoms with Gasteiger partial charge < -0.3 is 24.3 Å². The smallest absolute Gasteiger partial charge is 0.406 e. The molecule has 12 nitrogen and oxygen atoms in total. The first-order chi connectivity index (χ1) is 28.5. The summed E-state index contributed by atoms with van der Waals surface area (Å²) in [6, 6.07) is 5.69. The number of nitrogens with zero attached hydrogens (tertiary/aromatic N) is 5. The van der Waals surface area contributed by atoms with Crippen LogP contribution in [0.1, 0.15) is 80.6 Å². The van der Waals surface area contributed by atoms with Gasteiger partial charge in [-0.05, 0) is 81.3 Å². The summed E-state index contributed by atoms with van der Waals surface area (Å²) in [6.45, 7) is 8.42. The molecule has 0 spiro atoms. The lowest BCUT2D eigenvalue weighted by atomic mass is 9.84. The van der Waals surface area contributed by atoms with Gasteiger partial charge in [-0.2, -0.15) is 80.6 Å². The maximum atomic E-state index is 14.8. The van der Waals surface area contributed by atoms with E-state index in [2.05, 4.69) is 22.7 Å². The number of likely N-dealkylation sites (N-methyl/N-ethyl adjacent to an activating group) is 1. The second kappa shape index (κ2) is 22.7. The number of amides is 2. The number of ether oxygens (including phenoxy) is 2. The van der Waals surface area contributed by atoms with Crippen LogP contribution < -0.4 is 10.7 Å². The van der Waals surface area contributed by atoms with E-state index in [4.69, 9.17) is 19.4 Å². The number of hydrogen-bond donors (Lipinski definition) is 2. The minimum absolute atomic E-state index is 0. The van der Waals surface area contributed by atoms with Crippen LogP contribution in [0.3, 0.4) is 0 Å². The normalized spacial score (nSPS) is 22.4. The largest absolute Gasteiger partial charge is 0.464 e. The molecule has 5 atom stereocenters. The van der Waals surface area contributed by atoms with Gasteiger partial charge in [-0.15, -0.1) is 11.3 Å². The minimum Gasteiger partial charge on any atom is -0.464 e. The summed E-state index contributed by atoms with van der Waals surface area (Å²) < 4.78 is 57.7. The number of carbonyl (C=O) groups excluding carboxylic acids is 3. The Morgan fingerprint density at radius 1 is 1.08 bits per heavy atom. The van der Waals surface area contributed by atoms with Crippen LogP contribution >= 0.6 is 78.8 Å². The summed E-state index contributed by atoms with van der Waals surface area (Å²) >= 11 is 1.35. The van der Waals surface area contributed by atoms with Crippen LogP contribution in [0.15, 0.2) is 29.6 Å². The van der Waals surface area contributed by atoms with Crippen molar-refractivity contribution >= 4 is 108 Å². The van der Waals surface area contributed by atoms with Gasteiger partial charge in [-0.1, -0.05) is 26.8 Å². The summed E-state index contributed by atoms with van der Waals surface area (Å²) in [5.74, 6) is -1.01. The van der Waals surface area contributed by atoms with Crippen molar-refractivity contribution in [2.24, 2.45) is 17.3 Å². The molecule has 1 aromatic carbocycles. The highest BCUT2D eigenvalue weighted by Crippen LogP contribution is 2.44. The molecule has 2 N–H and O–H groups in total. The molecule has 6 heterocycles. The Labute approximate surface area is 418 Å². The number of hydrazine groups is 1. The van der Waals surface area contributed by atoms with Gasteiger partial charge in [0, 0.05) is 84.0 Å². The first-order valence-electron chi connectivity index (χ1n) is 20.9. The second-order valence-electron chi connectivity index (χ2n) is 17.9. The Kier molecular flexibility index (Phi) is 19.8. The molecule has 21 heteroatoms. The molecule has 6 bridgehead atoms. The van der Waals surface area contributed by atoms with Gasteiger partial charge in [0.2, 0.25) is 5.91 Å². The number of nitrogens with one attached hydrogen (secondary N) is 2. The molecule has 0 radical (unpaired) electrons. The molecule has 0 unspecified atom stereocenters. The fourth-order valence-corrected chi connectivity index (χ4v) is 9.72. The number of carbonyl (C=O) groups is 3. The molecule has 1 aliphatic carbocycles. The number of methoxy groups -OCH3 is 1. The van der Waals surface area contributed by atoms with Crippen LogP contribution in [-0.2, 0) is 56.1 Å². The number of pyridine rings is 1. The molecule has 1 saturated heterocycles. The molecule has 2 fully saturated rings. The number of thiazole rings is 1. The summed E-state index contributed by atoms with van der Waals surface area (Å²) in [4.78, 5) is 53.4. The van der Waals surface area contributed by atoms with Gasteiger partial charge in [-0.3, -0.25) is 24.4 Å². The SMILES string of the molecule is CO[C@@H](C)c1nc2c(cc1-c1c3c4cc(ccc4n1CC(F)(F)F)-c1csc(n1)C[C@H](NC(=O)[C@H]1C[C@@H]1C)C(=O)N1CCC[C@H](N1)C(=O)OCC(C)(C)C3)CCN(C)CC2.S.S.S.S.S. The average molecular weight is 1020 g/mol. The van der Waals surface area contributed by atoms with Crippen molar-refractivity contribution in [2.75, 3.05) is 40.4 Å². The van der Waals surface area contributed by atoms with Crippen molar-refractivity contribution in [2.45, 2.75) is 104 Å². The van der Waals surface area contributed by atoms with E-state index in [0.717, 1.165) is 30.8 Å². The van der Waals surface area contributed by atoms with E-state index in [1.165, 1.54) is 20.9 Å². The highest BCUT2D eigenvalue weighted by atomic mass is 32.1. The number of aromatic nitrogens is 3. The lowest BCUT2D eigenvalue weighted by Crippen LogP contribution is -2.60. The van der Waals surface area contributed by atoms with Crippen LogP contribution in [0.25, 0.3) is 33.4 Å². The maximum Gasteiger partial charge on any atom is 0.406 e. The third-order valence-corrected chi connectivity index (χ3v) is 13.4. The lowest BCUT2D eigenvalue weighted by Gasteiger charge is -2.35. The number of benzene rings is 1. The molecule has 4 aliphatic rings. The fraction of sp³-hybridized carbons (Fsp3) is 0.568. The molecule has 3 aliphatic heterocycles. The quantitative estimate of drug-likeness (QED) is 0.196. The molecule has 65 heavy (non-hydrogen) atoms. The zero-order valence-electron chi connectivity index (χ0n) is 37.6. The van der Waals surface area contributed by atoms with Gasteiger partial charge in [-0.25, -0.2) is 10.4 Å². The van der Waals surface area contributed by atoms with Gasteiger partial charge in [0.1, 0.15) is 18.6 Å². The lowest BCUT2D eigenvalue weighted by molar-refractivity contribution is -0.155.